The lowest BCUT2D eigenvalue weighted by Gasteiger charge is -2.49. The van der Waals surface area contributed by atoms with Crippen molar-refractivity contribution in [3.63, 3.8) is 0 Å². The third kappa shape index (κ3) is 4.49. The second-order valence-electron chi connectivity index (χ2n) is 9.74. The van der Waals surface area contributed by atoms with E-state index in [9.17, 15) is 9.59 Å². The number of carbonyl (C=O) groups excluding carboxylic acids is 2. The fourth-order valence-electron chi connectivity index (χ4n) is 5.69. The molecule has 1 amide bonds. The number of aromatic nitrogens is 2. The van der Waals surface area contributed by atoms with E-state index in [1.54, 1.807) is 13.2 Å². The van der Waals surface area contributed by atoms with Crippen LogP contribution in [0.2, 0.25) is 5.02 Å². The van der Waals surface area contributed by atoms with Crippen LogP contribution < -0.4 is 4.74 Å². The molecule has 0 N–H and O–H groups in total. The molecule has 0 spiro atoms. The monoisotopic (exact) mass is 514 g/mol. The molecule has 2 atom stereocenters. The Morgan fingerprint density at radius 1 is 1.03 bits per heavy atom. The zero-order valence-corrected chi connectivity index (χ0v) is 21.3. The highest BCUT2D eigenvalue weighted by atomic mass is 35.5. The summed E-state index contributed by atoms with van der Waals surface area (Å²) in [7, 11) is 1.59. The first-order chi connectivity index (χ1) is 18.0. The topological polar surface area (TPSA) is 67.2 Å². The van der Waals surface area contributed by atoms with Crippen LogP contribution in [0.15, 0.2) is 72.9 Å². The number of pyridine rings is 1. The lowest BCUT2D eigenvalue weighted by molar-refractivity contribution is -0.127. The highest BCUT2D eigenvalue weighted by Crippen LogP contribution is 2.32. The maximum Gasteiger partial charge on any atom is 0.254 e. The Balaban J connectivity index is 1.30. The summed E-state index contributed by atoms with van der Waals surface area (Å²) >= 11 is 6.14. The third-order valence-electron chi connectivity index (χ3n) is 7.32. The van der Waals surface area contributed by atoms with Gasteiger partial charge in [-0.05, 0) is 42.5 Å². The molecule has 4 aromatic rings. The number of rotatable bonds is 5. The van der Waals surface area contributed by atoms with Crippen LogP contribution in [0.5, 0.6) is 5.75 Å². The number of hydrogen-bond acceptors (Lipinski definition) is 5. The van der Waals surface area contributed by atoms with Crippen LogP contribution in [0.1, 0.15) is 28.9 Å². The molecule has 2 unspecified atom stereocenters. The van der Waals surface area contributed by atoms with E-state index in [-0.39, 0.29) is 23.8 Å². The summed E-state index contributed by atoms with van der Waals surface area (Å²) < 4.78 is 7.44. The molecule has 6 rings (SSSR count). The average Bonchev–Trinajstić information content (AvgIpc) is 3.26. The van der Waals surface area contributed by atoms with E-state index in [1.165, 1.54) is 0 Å². The van der Waals surface area contributed by atoms with E-state index in [4.69, 9.17) is 21.3 Å². The molecular formula is C29H27ClN4O3. The number of hydrogen-bond donors (Lipinski definition) is 0. The van der Waals surface area contributed by atoms with E-state index in [2.05, 4.69) is 9.30 Å². The van der Waals surface area contributed by atoms with Crippen molar-refractivity contribution in [1.82, 2.24) is 19.2 Å². The first-order valence-electron chi connectivity index (χ1n) is 12.4. The van der Waals surface area contributed by atoms with E-state index >= 15 is 0 Å². The van der Waals surface area contributed by atoms with E-state index in [0.717, 1.165) is 22.6 Å². The number of piperazine rings is 1. The van der Waals surface area contributed by atoms with Gasteiger partial charge in [-0.25, -0.2) is 4.98 Å². The number of Topliss-reactive ketones (excluding diaryl/α,β-unsaturated/α-hetero) is 1. The molecular weight excluding hydrogens is 488 g/mol. The number of fused-ring (bicyclic) bond motifs is 3. The van der Waals surface area contributed by atoms with Crippen molar-refractivity contribution in [3.05, 3.63) is 89.2 Å². The summed E-state index contributed by atoms with van der Waals surface area (Å²) in [5.41, 5.74) is 4.47. The summed E-state index contributed by atoms with van der Waals surface area (Å²) in [6.45, 7) is 1.90. The minimum atomic E-state index is -0.170. The molecule has 2 aromatic carbocycles. The molecule has 2 fully saturated rings. The van der Waals surface area contributed by atoms with Crippen LogP contribution in [0.4, 0.5) is 0 Å². The number of likely N-dealkylation sites (tertiary alicyclic amines) is 1. The van der Waals surface area contributed by atoms with Crippen LogP contribution in [-0.4, -0.2) is 63.2 Å². The Hall–Kier alpha value is -3.68. The van der Waals surface area contributed by atoms with Gasteiger partial charge in [0.25, 0.3) is 5.91 Å². The maximum absolute atomic E-state index is 13.6. The van der Waals surface area contributed by atoms with E-state index in [0.29, 0.717) is 48.8 Å². The predicted octanol–water partition coefficient (Wildman–Crippen LogP) is 4.72. The second-order valence-corrected chi connectivity index (χ2v) is 10.2. The van der Waals surface area contributed by atoms with Gasteiger partial charge in [-0.1, -0.05) is 35.9 Å². The fraction of sp³-hybridized carbons (Fsp3) is 0.276. The summed E-state index contributed by atoms with van der Waals surface area (Å²) in [5, 5.41) is 0.684. The maximum atomic E-state index is 13.6. The molecule has 2 aliphatic heterocycles. The standard InChI is InChI=1S/C29H27ClN4O3/c1-37-25-6-4-5-20(13-25)29(36)34-22-14-24(35)15-23(34)17-32(16-22)18-26-28(19-8-10-21(30)11-9-19)31-27-7-2-3-12-33(26)27/h2-13,22-23H,14-18H2,1H3. The minimum Gasteiger partial charge on any atom is -0.497 e. The molecule has 4 heterocycles. The van der Waals surface area contributed by atoms with E-state index in [1.807, 2.05) is 71.8 Å². The molecule has 2 aromatic heterocycles. The molecule has 2 bridgehead atoms. The van der Waals surface area contributed by atoms with Crippen LogP contribution in [0, 0.1) is 0 Å². The number of benzene rings is 2. The van der Waals surface area contributed by atoms with Gasteiger partial charge in [0.15, 0.2) is 0 Å². The Labute approximate surface area is 220 Å². The van der Waals surface area contributed by atoms with E-state index < -0.39 is 0 Å². The van der Waals surface area contributed by atoms with Crippen molar-refractivity contribution in [2.45, 2.75) is 31.5 Å². The van der Waals surface area contributed by atoms with Crippen molar-refractivity contribution in [2.24, 2.45) is 0 Å². The van der Waals surface area contributed by atoms with Gasteiger partial charge < -0.3 is 14.0 Å². The van der Waals surface area contributed by atoms with Gasteiger partial charge in [0.2, 0.25) is 0 Å². The SMILES string of the molecule is COc1cccc(C(=O)N2C3CC(=O)CC2CN(Cc2c(-c4ccc(Cl)cc4)nc4ccccn24)C3)c1. The predicted molar refractivity (Wildman–Crippen MR) is 142 cm³/mol. The molecule has 0 saturated carbocycles. The van der Waals surface area contributed by atoms with Crippen molar-refractivity contribution >= 4 is 28.9 Å². The molecule has 0 aliphatic carbocycles. The molecule has 37 heavy (non-hydrogen) atoms. The number of carbonyl (C=O) groups is 2. The average molecular weight is 515 g/mol. The first kappa shape index (κ1) is 23.7. The zero-order chi connectivity index (χ0) is 25.5. The first-order valence-corrected chi connectivity index (χ1v) is 12.8. The number of ether oxygens (including phenoxy) is 1. The molecule has 2 aliphatic rings. The quantitative estimate of drug-likeness (QED) is 0.385. The minimum absolute atomic E-state index is 0.0438. The van der Waals surface area contributed by atoms with Crippen molar-refractivity contribution in [3.8, 4) is 17.0 Å². The van der Waals surface area contributed by atoms with Crippen molar-refractivity contribution in [2.75, 3.05) is 20.2 Å². The van der Waals surface area contributed by atoms with Gasteiger partial charge in [0.05, 0.1) is 30.6 Å². The number of methoxy groups -OCH3 is 1. The van der Waals surface area contributed by atoms with Crippen molar-refractivity contribution in [1.29, 1.82) is 0 Å². The number of imidazole rings is 1. The molecule has 2 saturated heterocycles. The second kappa shape index (κ2) is 9.65. The van der Waals surface area contributed by atoms with Crippen LogP contribution in [-0.2, 0) is 11.3 Å². The highest BCUT2D eigenvalue weighted by molar-refractivity contribution is 6.30. The summed E-state index contributed by atoms with van der Waals surface area (Å²) in [5.74, 6) is 0.826. The van der Waals surface area contributed by atoms with Gasteiger partial charge in [0.1, 0.15) is 17.2 Å². The number of nitrogens with zero attached hydrogens (tertiary/aromatic N) is 4. The van der Waals surface area contributed by atoms with Crippen molar-refractivity contribution < 1.29 is 14.3 Å². The normalized spacial score (nSPS) is 19.8. The summed E-state index contributed by atoms with van der Waals surface area (Å²) in [6, 6.07) is 20.6. The van der Waals surface area contributed by atoms with Gasteiger partial charge in [-0.15, -0.1) is 0 Å². The zero-order valence-electron chi connectivity index (χ0n) is 20.5. The number of halogens is 1. The smallest absolute Gasteiger partial charge is 0.254 e. The Morgan fingerprint density at radius 2 is 1.78 bits per heavy atom. The van der Waals surface area contributed by atoms with Crippen LogP contribution >= 0.6 is 11.6 Å². The number of amides is 1. The fourth-order valence-corrected chi connectivity index (χ4v) is 5.82. The number of ketones is 1. The highest BCUT2D eigenvalue weighted by Gasteiger charge is 2.43. The molecule has 188 valence electrons. The Kier molecular flexibility index (Phi) is 6.18. The lowest BCUT2D eigenvalue weighted by atomic mass is 9.89. The van der Waals surface area contributed by atoms with Gasteiger partial charge in [0, 0.05) is 54.8 Å². The third-order valence-corrected chi connectivity index (χ3v) is 7.57. The molecule has 0 radical (unpaired) electrons. The summed E-state index contributed by atoms with van der Waals surface area (Å²) in [6.07, 6.45) is 2.78. The summed E-state index contributed by atoms with van der Waals surface area (Å²) in [4.78, 5) is 35.3. The molecule has 8 heteroatoms. The van der Waals surface area contributed by atoms with Gasteiger partial charge in [-0.3, -0.25) is 14.5 Å². The Morgan fingerprint density at radius 3 is 2.51 bits per heavy atom. The largest absolute Gasteiger partial charge is 0.497 e. The van der Waals surface area contributed by atoms with Gasteiger partial charge in [-0.2, -0.15) is 0 Å². The molecule has 7 nitrogen and oxygen atoms in total. The van der Waals surface area contributed by atoms with Crippen LogP contribution in [0.3, 0.4) is 0 Å². The van der Waals surface area contributed by atoms with Crippen LogP contribution in [0.25, 0.3) is 16.9 Å². The Bertz CT molecular complexity index is 1460. The van der Waals surface area contributed by atoms with Gasteiger partial charge >= 0.3 is 0 Å². The lowest BCUT2D eigenvalue weighted by Crippen LogP contribution is -2.63. The number of piperidine rings is 1.